The molecule has 0 atom stereocenters. The van der Waals surface area contributed by atoms with Gasteiger partial charge >= 0.3 is 0 Å². The van der Waals surface area contributed by atoms with Crippen LogP contribution in [-0.4, -0.2) is 34.4 Å². The molecule has 6 aromatic carbocycles. The number of aldehydes is 1. The normalized spacial score (nSPS) is 11.9. The summed E-state index contributed by atoms with van der Waals surface area (Å²) in [6.07, 6.45) is 0.828. The first kappa shape index (κ1) is 32.2. The first-order valence-corrected chi connectivity index (χ1v) is 18.2. The van der Waals surface area contributed by atoms with Crippen molar-refractivity contribution in [3.8, 4) is 46.3 Å². The van der Waals surface area contributed by atoms with Gasteiger partial charge in [-0.15, -0.1) is 0 Å². The molecule has 0 radical (unpaired) electrons. The second-order valence-electron chi connectivity index (χ2n) is 12.1. The van der Waals surface area contributed by atoms with Crippen LogP contribution in [-0.2, 0) is 0 Å². The van der Waals surface area contributed by atoms with Crippen LogP contribution >= 0.6 is 0 Å². The van der Waals surface area contributed by atoms with Gasteiger partial charge in [0.25, 0.3) is 0 Å². The van der Waals surface area contributed by atoms with E-state index in [1.165, 1.54) is 20.7 Å². The van der Waals surface area contributed by atoms with E-state index in [9.17, 15) is 9.59 Å². The zero-order chi connectivity index (χ0) is 34.7. The molecule has 0 spiro atoms. The Balaban J connectivity index is 1.49. The van der Waals surface area contributed by atoms with Crippen molar-refractivity contribution in [1.82, 2.24) is 0 Å². The highest BCUT2D eigenvalue weighted by atomic mass is 28.3. The Bertz CT molecular complexity index is 2330. The predicted molar refractivity (Wildman–Crippen MR) is 202 cm³/mol. The number of carbonyl (C=O) groups excluding carboxylic acids is 2. The van der Waals surface area contributed by atoms with Crippen molar-refractivity contribution >= 4 is 40.9 Å². The highest BCUT2D eigenvalue weighted by Gasteiger charge is 2.49. The van der Waals surface area contributed by atoms with Gasteiger partial charge in [-0.1, -0.05) is 109 Å². The molecular formula is C45H32O4Si. The first-order valence-electron chi connectivity index (χ1n) is 16.2. The number of carbonyl (C=O) groups is 2. The van der Waals surface area contributed by atoms with Gasteiger partial charge in [-0.3, -0.25) is 9.59 Å². The van der Waals surface area contributed by atoms with E-state index < -0.39 is 8.07 Å². The van der Waals surface area contributed by atoms with Gasteiger partial charge in [0.2, 0.25) is 0 Å². The number of methoxy groups -OCH3 is 2. The second kappa shape index (κ2) is 13.6. The van der Waals surface area contributed by atoms with Gasteiger partial charge in [0.15, 0.2) is 13.9 Å². The number of ether oxygens (including phenoxy) is 2. The van der Waals surface area contributed by atoms with E-state index in [0.29, 0.717) is 22.6 Å². The SMILES string of the molecule is COc1cc2c(cc1C#Cc1ccc(C=O)cc1)[Si](c1ccccc1)(c1ccccc1)c1cc(C#Cc3ccc(C(C)=O)cc3)c(OC)cc1-2. The predicted octanol–water partition coefficient (Wildman–Crippen LogP) is 5.88. The summed E-state index contributed by atoms with van der Waals surface area (Å²) in [5.41, 5.74) is 6.59. The second-order valence-corrected chi connectivity index (χ2v) is 15.8. The van der Waals surface area contributed by atoms with Crippen LogP contribution < -0.4 is 30.2 Å². The Labute approximate surface area is 293 Å². The topological polar surface area (TPSA) is 52.6 Å². The first-order chi connectivity index (χ1) is 24.5. The van der Waals surface area contributed by atoms with E-state index in [0.717, 1.165) is 39.7 Å². The van der Waals surface area contributed by atoms with Crippen molar-refractivity contribution in [3.63, 3.8) is 0 Å². The summed E-state index contributed by atoms with van der Waals surface area (Å²) >= 11 is 0. The molecule has 0 fully saturated rings. The van der Waals surface area contributed by atoms with Crippen LogP contribution in [0.1, 0.15) is 49.9 Å². The minimum absolute atomic E-state index is 0.0199. The molecule has 0 saturated heterocycles. The van der Waals surface area contributed by atoms with Gasteiger partial charge in [-0.05, 0) is 87.3 Å². The maximum atomic E-state index is 11.8. The summed E-state index contributed by atoms with van der Waals surface area (Å²) in [6.45, 7) is 1.56. The minimum atomic E-state index is -2.93. The van der Waals surface area contributed by atoms with Crippen LogP contribution in [0.5, 0.6) is 11.5 Å². The van der Waals surface area contributed by atoms with Crippen LogP contribution in [0.2, 0.25) is 0 Å². The standard InChI is InChI=1S/C45H32O4Si/c1-31(47)35-22-18-33(19-23-35)21-25-37-27-45-41(29-43(37)49-3)40-28-42(48-2)36(24-20-32-14-16-34(30-46)17-15-32)26-44(40)50(45,38-10-6-4-7-11-38)39-12-8-5-9-13-39/h4-19,22-23,26-30H,1-3H3. The van der Waals surface area contributed by atoms with E-state index >= 15 is 0 Å². The molecule has 0 N–H and O–H groups in total. The van der Waals surface area contributed by atoms with Gasteiger partial charge in [-0.2, -0.15) is 0 Å². The Hall–Kier alpha value is -6.40. The van der Waals surface area contributed by atoms with E-state index in [-0.39, 0.29) is 5.78 Å². The molecule has 4 nitrogen and oxygen atoms in total. The quantitative estimate of drug-likeness (QED) is 0.0966. The largest absolute Gasteiger partial charge is 0.495 e. The van der Waals surface area contributed by atoms with Crippen molar-refractivity contribution in [2.24, 2.45) is 0 Å². The molecule has 0 saturated carbocycles. The summed E-state index contributed by atoms with van der Waals surface area (Å²) in [5, 5.41) is 4.89. The third kappa shape index (κ3) is 5.71. The average Bonchev–Trinajstić information content (AvgIpc) is 3.45. The lowest BCUT2D eigenvalue weighted by molar-refractivity contribution is 0.101. The number of hydrogen-bond donors (Lipinski definition) is 0. The smallest absolute Gasteiger partial charge is 0.180 e. The number of rotatable bonds is 6. The zero-order valence-electron chi connectivity index (χ0n) is 27.9. The molecule has 5 heteroatoms. The monoisotopic (exact) mass is 664 g/mol. The molecular weight excluding hydrogens is 633 g/mol. The van der Waals surface area contributed by atoms with E-state index in [4.69, 9.17) is 9.47 Å². The van der Waals surface area contributed by atoms with Crippen molar-refractivity contribution in [1.29, 1.82) is 0 Å². The van der Waals surface area contributed by atoms with Crippen LogP contribution in [0.25, 0.3) is 11.1 Å². The molecule has 7 rings (SSSR count). The van der Waals surface area contributed by atoms with Crippen molar-refractivity contribution in [3.05, 3.63) is 167 Å². The number of ketones is 1. The highest BCUT2D eigenvalue weighted by molar-refractivity contribution is 7.22. The highest BCUT2D eigenvalue weighted by Crippen LogP contribution is 2.36. The summed E-state index contributed by atoms with van der Waals surface area (Å²) in [7, 11) is 0.409. The van der Waals surface area contributed by atoms with Gasteiger partial charge in [-0.25, -0.2) is 0 Å². The van der Waals surface area contributed by atoms with Crippen LogP contribution in [0, 0.1) is 23.7 Å². The van der Waals surface area contributed by atoms with Crippen molar-refractivity contribution in [2.75, 3.05) is 14.2 Å². The number of benzene rings is 6. The zero-order valence-corrected chi connectivity index (χ0v) is 28.9. The maximum absolute atomic E-state index is 11.8. The Morgan fingerprint density at radius 3 is 1.42 bits per heavy atom. The molecule has 0 amide bonds. The van der Waals surface area contributed by atoms with Gasteiger partial charge < -0.3 is 9.47 Å². The van der Waals surface area contributed by atoms with Crippen molar-refractivity contribution in [2.45, 2.75) is 6.92 Å². The van der Waals surface area contributed by atoms with Gasteiger partial charge in [0.1, 0.15) is 17.8 Å². The molecule has 0 unspecified atom stereocenters. The van der Waals surface area contributed by atoms with Gasteiger partial charge in [0, 0.05) is 22.3 Å². The summed E-state index contributed by atoms with van der Waals surface area (Å²) in [5.74, 6) is 14.8. The third-order valence-electron chi connectivity index (χ3n) is 9.21. The number of Topliss-reactive ketones (excluding diaryl/α,β-unsaturated/α-hetero) is 1. The molecule has 1 heterocycles. The fourth-order valence-corrected chi connectivity index (χ4v) is 12.0. The number of hydrogen-bond acceptors (Lipinski definition) is 4. The molecule has 0 aliphatic carbocycles. The van der Waals surface area contributed by atoms with Crippen LogP contribution in [0.15, 0.2) is 133 Å². The fraction of sp³-hybridized carbons (Fsp3) is 0.0667. The van der Waals surface area contributed by atoms with Gasteiger partial charge in [0.05, 0.1) is 25.3 Å². The third-order valence-corrected chi connectivity index (χ3v) is 14.1. The summed E-state index contributed by atoms with van der Waals surface area (Å²) in [6, 6.07) is 44.7. The number of fused-ring (bicyclic) bond motifs is 3. The summed E-state index contributed by atoms with van der Waals surface area (Å²) < 4.78 is 12.0. The molecule has 6 aromatic rings. The Morgan fingerprint density at radius 2 is 1.02 bits per heavy atom. The molecule has 0 aromatic heterocycles. The molecule has 240 valence electrons. The van der Waals surface area contributed by atoms with Crippen molar-refractivity contribution < 1.29 is 19.1 Å². The van der Waals surface area contributed by atoms with E-state index in [1.807, 2.05) is 24.3 Å². The van der Waals surface area contributed by atoms with E-state index in [1.54, 1.807) is 45.4 Å². The fourth-order valence-electron chi connectivity index (χ4n) is 6.78. The lowest BCUT2D eigenvalue weighted by Crippen LogP contribution is -2.72. The molecule has 0 bridgehead atoms. The Morgan fingerprint density at radius 1 is 0.580 bits per heavy atom. The van der Waals surface area contributed by atoms with Crippen LogP contribution in [0.3, 0.4) is 0 Å². The average molecular weight is 665 g/mol. The lowest BCUT2D eigenvalue weighted by atomic mass is 10.0. The molecule has 50 heavy (non-hydrogen) atoms. The molecule has 1 aliphatic heterocycles. The lowest BCUT2D eigenvalue weighted by Gasteiger charge is -2.31. The Kier molecular flexibility index (Phi) is 8.75. The minimum Gasteiger partial charge on any atom is -0.495 e. The maximum Gasteiger partial charge on any atom is 0.180 e. The van der Waals surface area contributed by atoms with E-state index in [2.05, 4.69) is 109 Å². The molecule has 1 aliphatic rings. The van der Waals surface area contributed by atoms with Crippen LogP contribution in [0.4, 0.5) is 0 Å². The summed E-state index contributed by atoms with van der Waals surface area (Å²) in [4.78, 5) is 23.0.